The summed E-state index contributed by atoms with van der Waals surface area (Å²) in [4.78, 5) is 0. The summed E-state index contributed by atoms with van der Waals surface area (Å²) in [5, 5.41) is 0. The molecule has 1 aliphatic heterocycles. The molecule has 114 valence electrons. The van der Waals surface area contributed by atoms with E-state index < -0.39 is 5.79 Å². The second-order valence-electron chi connectivity index (χ2n) is 5.86. The van der Waals surface area contributed by atoms with Gasteiger partial charge < -0.3 is 9.47 Å². The molecule has 2 aromatic carbocycles. The van der Waals surface area contributed by atoms with E-state index in [0.717, 1.165) is 12.0 Å². The van der Waals surface area contributed by atoms with Crippen molar-refractivity contribution >= 4 is 6.08 Å². The quantitative estimate of drug-likeness (QED) is 0.828. The molecular formula is C20H22O2. The lowest BCUT2D eigenvalue weighted by Crippen LogP contribution is -2.22. The zero-order chi connectivity index (χ0) is 15.4. The first kappa shape index (κ1) is 15.0. The number of ether oxygens (including phenoxy) is 2. The van der Waals surface area contributed by atoms with E-state index in [9.17, 15) is 0 Å². The Kier molecular flexibility index (Phi) is 4.41. The van der Waals surface area contributed by atoms with E-state index >= 15 is 0 Å². The van der Waals surface area contributed by atoms with Crippen molar-refractivity contribution in [1.29, 1.82) is 0 Å². The highest BCUT2D eigenvalue weighted by atomic mass is 16.7. The SMILES string of the molecule is Cc1ccc(/C=C/Cc2ccc(C3(C)OCCO3)cc2)cc1. The van der Waals surface area contributed by atoms with E-state index in [1.54, 1.807) is 0 Å². The van der Waals surface area contributed by atoms with Crippen LogP contribution in [0.3, 0.4) is 0 Å². The molecule has 3 rings (SSSR count). The number of rotatable bonds is 4. The summed E-state index contributed by atoms with van der Waals surface area (Å²) < 4.78 is 11.4. The van der Waals surface area contributed by atoms with Crippen LogP contribution in [-0.2, 0) is 21.7 Å². The Hall–Kier alpha value is -1.90. The number of benzene rings is 2. The minimum absolute atomic E-state index is 0.573. The molecule has 0 bridgehead atoms. The summed E-state index contributed by atoms with van der Waals surface area (Å²) in [6.45, 7) is 5.41. The first-order chi connectivity index (χ1) is 10.7. The van der Waals surface area contributed by atoms with Crippen LogP contribution in [0.4, 0.5) is 0 Å². The van der Waals surface area contributed by atoms with Gasteiger partial charge in [0.1, 0.15) is 0 Å². The summed E-state index contributed by atoms with van der Waals surface area (Å²) in [6.07, 6.45) is 5.29. The van der Waals surface area contributed by atoms with Crippen molar-refractivity contribution in [2.45, 2.75) is 26.1 Å². The van der Waals surface area contributed by atoms with Gasteiger partial charge in [0, 0.05) is 5.56 Å². The third-order valence-corrected chi connectivity index (χ3v) is 4.06. The second kappa shape index (κ2) is 6.47. The summed E-state index contributed by atoms with van der Waals surface area (Å²) in [5.41, 5.74) is 4.89. The summed E-state index contributed by atoms with van der Waals surface area (Å²) >= 11 is 0. The maximum Gasteiger partial charge on any atom is 0.192 e. The second-order valence-corrected chi connectivity index (χ2v) is 5.86. The molecule has 0 spiro atoms. The highest BCUT2D eigenvalue weighted by Gasteiger charge is 2.32. The van der Waals surface area contributed by atoms with Crippen molar-refractivity contribution in [2.24, 2.45) is 0 Å². The summed E-state index contributed by atoms with van der Waals surface area (Å²) in [5.74, 6) is -0.573. The van der Waals surface area contributed by atoms with Gasteiger partial charge in [0.2, 0.25) is 0 Å². The summed E-state index contributed by atoms with van der Waals surface area (Å²) in [7, 11) is 0. The van der Waals surface area contributed by atoms with Gasteiger partial charge in [-0.2, -0.15) is 0 Å². The molecule has 1 saturated heterocycles. The molecule has 0 unspecified atom stereocenters. The molecule has 0 saturated carbocycles. The lowest BCUT2D eigenvalue weighted by atomic mass is 10.0. The van der Waals surface area contributed by atoms with Gasteiger partial charge in [-0.05, 0) is 31.4 Å². The Bertz CT molecular complexity index is 632. The van der Waals surface area contributed by atoms with Crippen LogP contribution in [0.25, 0.3) is 6.08 Å². The molecular weight excluding hydrogens is 272 g/mol. The van der Waals surface area contributed by atoms with Crippen LogP contribution in [0.2, 0.25) is 0 Å². The average molecular weight is 294 g/mol. The van der Waals surface area contributed by atoms with Crippen molar-refractivity contribution in [3.63, 3.8) is 0 Å². The Morgan fingerprint density at radius 3 is 2.23 bits per heavy atom. The highest BCUT2D eigenvalue weighted by molar-refractivity contribution is 5.50. The fourth-order valence-electron chi connectivity index (χ4n) is 2.63. The molecule has 0 N–H and O–H groups in total. The van der Waals surface area contributed by atoms with Crippen molar-refractivity contribution < 1.29 is 9.47 Å². The first-order valence-corrected chi connectivity index (χ1v) is 7.76. The first-order valence-electron chi connectivity index (χ1n) is 7.76. The maximum absolute atomic E-state index is 5.68. The van der Waals surface area contributed by atoms with Crippen LogP contribution in [0, 0.1) is 6.92 Å². The van der Waals surface area contributed by atoms with Crippen LogP contribution in [0.1, 0.15) is 29.2 Å². The minimum Gasteiger partial charge on any atom is -0.344 e. The van der Waals surface area contributed by atoms with Crippen LogP contribution in [0.15, 0.2) is 54.6 Å². The van der Waals surface area contributed by atoms with Crippen molar-refractivity contribution in [1.82, 2.24) is 0 Å². The molecule has 0 radical (unpaired) electrons. The lowest BCUT2D eigenvalue weighted by Gasteiger charge is -2.22. The third kappa shape index (κ3) is 3.46. The average Bonchev–Trinajstić information content (AvgIpc) is 2.98. The molecule has 1 fully saturated rings. The van der Waals surface area contributed by atoms with Gasteiger partial charge in [0.05, 0.1) is 13.2 Å². The van der Waals surface area contributed by atoms with E-state index in [-0.39, 0.29) is 0 Å². The van der Waals surface area contributed by atoms with Crippen LogP contribution >= 0.6 is 0 Å². The Balaban J connectivity index is 1.62. The predicted molar refractivity (Wildman–Crippen MR) is 89.6 cm³/mol. The van der Waals surface area contributed by atoms with Gasteiger partial charge >= 0.3 is 0 Å². The van der Waals surface area contributed by atoms with Crippen LogP contribution in [0.5, 0.6) is 0 Å². The molecule has 2 nitrogen and oxygen atoms in total. The van der Waals surface area contributed by atoms with E-state index in [1.165, 1.54) is 16.7 Å². The van der Waals surface area contributed by atoms with Gasteiger partial charge in [0.25, 0.3) is 0 Å². The van der Waals surface area contributed by atoms with Crippen molar-refractivity contribution in [3.8, 4) is 0 Å². The van der Waals surface area contributed by atoms with Crippen LogP contribution in [-0.4, -0.2) is 13.2 Å². The molecule has 2 heteroatoms. The fourth-order valence-corrected chi connectivity index (χ4v) is 2.63. The molecule has 0 aliphatic carbocycles. The predicted octanol–water partition coefficient (Wildman–Crippen LogP) is 4.47. The van der Waals surface area contributed by atoms with Gasteiger partial charge in [-0.3, -0.25) is 0 Å². The Labute approximate surface area is 132 Å². The zero-order valence-electron chi connectivity index (χ0n) is 13.2. The minimum atomic E-state index is -0.573. The Morgan fingerprint density at radius 2 is 1.59 bits per heavy atom. The number of allylic oxidation sites excluding steroid dienone is 1. The van der Waals surface area contributed by atoms with E-state index in [0.29, 0.717) is 13.2 Å². The van der Waals surface area contributed by atoms with Gasteiger partial charge in [-0.1, -0.05) is 66.2 Å². The lowest BCUT2D eigenvalue weighted by molar-refractivity contribution is -0.149. The van der Waals surface area contributed by atoms with Gasteiger partial charge in [-0.25, -0.2) is 0 Å². The van der Waals surface area contributed by atoms with E-state index in [4.69, 9.17) is 9.47 Å². The maximum atomic E-state index is 5.68. The standard InChI is InChI=1S/C20H22O2/c1-16-6-8-17(9-7-16)4-3-5-18-10-12-19(13-11-18)20(2)21-14-15-22-20/h3-4,6-13H,5,14-15H2,1-2H3/b4-3+. The fraction of sp³-hybridized carbons (Fsp3) is 0.300. The van der Waals surface area contributed by atoms with E-state index in [2.05, 4.69) is 67.6 Å². The number of aryl methyl sites for hydroxylation is 1. The highest BCUT2D eigenvalue weighted by Crippen LogP contribution is 2.30. The van der Waals surface area contributed by atoms with Gasteiger partial charge in [-0.15, -0.1) is 0 Å². The molecule has 0 atom stereocenters. The molecule has 1 aliphatic rings. The van der Waals surface area contributed by atoms with E-state index in [1.807, 2.05) is 6.92 Å². The summed E-state index contributed by atoms with van der Waals surface area (Å²) in [6, 6.07) is 17.0. The number of hydrogen-bond donors (Lipinski definition) is 0. The molecule has 22 heavy (non-hydrogen) atoms. The molecule has 0 aromatic heterocycles. The Morgan fingerprint density at radius 1 is 0.955 bits per heavy atom. The largest absolute Gasteiger partial charge is 0.344 e. The zero-order valence-corrected chi connectivity index (χ0v) is 13.2. The van der Waals surface area contributed by atoms with Crippen molar-refractivity contribution in [3.05, 3.63) is 76.9 Å². The smallest absolute Gasteiger partial charge is 0.192 e. The number of hydrogen-bond acceptors (Lipinski definition) is 2. The molecule has 1 heterocycles. The van der Waals surface area contributed by atoms with Gasteiger partial charge in [0.15, 0.2) is 5.79 Å². The topological polar surface area (TPSA) is 18.5 Å². The third-order valence-electron chi connectivity index (χ3n) is 4.06. The molecule has 0 amide bonds. The monoisotopic (exact) mass is 294 g/mol. The van der Waals surface area contributed by atoms with Crippen molar-refractivity contribution in [2.75, 3.05) is 13.2 Å². The normalized spacial score (nSPS) is 17.2. The van der Waals surface area contributed by atoms with Crippen LogP contribution < -0.4 is 0 Å². The molecule has 2 aromatic rings.